The van der Waals surface area contributed by atoms with E-state index in [-0.39, 0.29) is 0 Å². The molecule has 0 atom stereocenters. The lowest BCUT2D eigenvalue weighted by atomic mass is 10.0. The van der Waals surface area contributed by atoms with E-state index in [0.717, 1.165) is 109 Å². The molecule has 13 aromatic rings. The van der Waals surface area contributed by atoms with Gasteiger partial charge in [0.15, 0.2) is 0 Å². The average Bonchev–Trinajstić information content (AvgIpc) is 4.01. The lowest BCUT2D eigenvalue weighted by Gasteiger charge is -2.16. The van der Waals surface area contributed by atoms with Gasteiger partial charge in [0, 0.05) is 43.1 Å². The van der Waals surface area contributed by atoms with Crippen molar-refractivity contribution < 1.29 is 8.83 Å². The second kappa shape index (κ2) is 11.1. The Kier molecular flexibility index (Phi) is 5.94. The van der Waals surface area contributed by atoms with Crippen LogP contribution in [0.4, 0.5) is 5.69 Å². The van der Waals surface area contributed by atoms with E-state index in [4.69, 9.17) is 15.4 Å². The maximum Gasteiger partial charge on any atom is 0.212 e. The van der Waals surface area contributed by atoms with Gasteiger partial charge in [-0.1, -0.05) is 97.1 Å². The first-order valence-electron chi connectivity index (χ1n) is 19.2. The fourth-order valence-corrected chi connectivity index (χ4v) is 9.64. The predicted octanol–water partition coefficient (Wildman–Crippen LogP) is 14.4. The first-order valence-corrected chi connectivity index (χ1v) is 19.2. The molecule has 13 rings (SSSR count). The molecular weight excluding hydrogens is 713 g/mol. The molecular formula is C52H26N4O2. The lowest BCUT2D eigenvalue weighted by molar-refractivity contribution is 0.669. The van der Waals surface area contributed by atoms with Gasteiger partial charge < -0.3 is 18.0 Å². The van der Waals surface area contributed by atoms with Crippen LogP contribution in [-0.2, 0) is 0 Å². The number of furan rings is 2. The third-order valence-corrected chi connectivity index (χ3v) is 12.1. The summed E-state index contributed by atoms with van der Waals surface area (Å²) in [7, 11) is 0. The third kappa shape index (κ3) is 3.97. The molecule has 266 valence electrons. The van der Waals surface area contributed by atoms with Crippen molar-refractivity contribution in [1.29, 1.82) is 5.26 Å². The van der Waals surface area contributed by atoms with Crippen molar-refractivity contribution >= 4 is 115 Å². The molecule has 0 aliphatic rings. The molecule has 9 aromatic carbocycles. The highest BCUT2D eigenvalue weighted by Crippen LogP contribution is 2.45. The summed E-state index contributed by atoms with van der Waals surface area (Å²) in [5.41, 5.74) is 9.21. The van der Waals surface area contributed by atoms with Crippen LogP contribution in [0.5, 0.6) is 0 Å². The van der Waals surface area contributed by atoms with Gasteiger partial charge in [0.2, 0.25) is 5.69 Å². The summed E-state index contributed by atoms with van der Waals surface area (Å²) in [5, 5.41) is 23.8. The largest absolute Gasteiger partial charge is 0.456 e. The van der Waals surface area contributed by atoms with Crippen LogP contribution >= 0.6 is 0 Å². The number of aromatic nitrogens is 2. The second-order valence-corrected chi connectivity index (χ2v) is 15.0. The van der Waals surface area contributed by atoms with Gasteiger partial charge in [-0.05, 0) is 82.2 Å². The number of benzene rings is 9. The Labute approximate surface area is 329 Å². The monoisotopic (exact) mass is 738 g/mol. The molecule has 4 aromatic heterocycles. The minimum atomic E-state index is 0.436. The molecule has 0 aliphatic carbocycles. The van der Waals surface area contributed by atoms with E-state index in [1.165, 1.54) is 0 Å². The molecule has 0 radical (unpaired) electrons. The minimum absolute atomic E-state index is 0.436. The molecule has 6 nitrogen and oxygen atoms in total. The van der Waals surface area contributed by atoms with Crippen LogP contribution in [0.2, 0.25) is 0 Å². The van der Waals surface area contributed by atoms with Gasteiger partial charge in [0.05, 0.1) is 45.6 Å². The van der Waals surface area contributed by atoms with Crippen molar-refractivity contribution in [1.82, 2.24) is 9.13 Å². The van der Waals surface area contributed by atoms with E-state index in [1.807, 2.05) is 48.5 Å². The summed E-state index contributed by atoms with van der Waals surface area (Å²) in [6.45, 7) is 8.63. The predicted molar refractivity (Wildman–Crippen MR) is 236 cm³/mol. The van der Waals surface area contributed by atoms with Gasteiger partial charge in [0.1, 0.15) is 28.4 Å². The smallest absolute Gasteiger partial charge is 0.212 e. The first-order chi connectivity index (χ1) is 28.7. The topological polar surface area (TPSA) is 64.3 Å². The molecule has 0 bridgehead atoms. The number of nitrogens with zero attached hydrogens (tertiary/aromatic N) is 4. The third-order valence-electron chi connectivity index (χ3n) is 12.1. The standard InChI is InChI=1S/C52H26N4O2/c1-54-40-27-43(55-41-16-8-6-14-34(41)36-25-49-38(23-44(36)55)51-32-12-4-2-10-29(32)18-20-47(51)57-49)31(28-53)22-46(40)56-42-17-9-7-15-35(42)37-26-50-39(24-45(37)56)52-33-13-5-3-11-30(33)19-21-48(52)58-50/h2-27H. The summed E-state index contributed by atoms with van der Waals surface area (Å²) in [6, 6.07) is 56.4. The van der Waals surface area contributed by atoms with Crippen LogP contribution in [0.15, 0.2) is 167 Å². The van der Waals surface area contributed by atoms with Crippen LogP contribution in [0, 0.1) is 17.9 Å². The Balaban J connectivity index is 1.11. The van der Waals surface area contributed by atoms with E-state index in [1.54, 1.807) is 0 Å². The number of para-hydroxylation sites is 2. The molecule has 0 aliphatic heterocycles. The van der Waals surface area contributed by atoms with Gasteiger partial charge in [-0.3, -0.25) is 0 Å². The lowest BCUT2D eigenvalue weighted by Crippen LogP contribution is -2.01. The quantitative estimate of drug-likeness (QED) is 0.166. The van der Waals surface area contributed by atoms with Crippen molar-refractivity contribution in [2.24, 2.45) is 0 Å². The number of hydrogen-bond acceptors (Lipinski definition) is 3. The molecule has 4 heterocycles. The Morgan fingerprint density at radius 3 is 1.43 bits per heavy atom. The highest BCUT2D eigenvalue weighted by molar-refractivity contribution is 6.24. The van der Waals surface area contributed by atoms with Crippen LogP contribution in [-0.4, -0.2) is 9.13 Å². The number of hydrogen-bond donors (Lipinski definition) is 0. The Morgan fingerprint density at radius 1 is 0.431 bits per heavy atom. The number of nitriles is 1. The molecule has 0 fully saturated rings. The molecule has 0 unspecified atom stereocenters. The highest BCUT2D eigenvalue weighted by atomic mass is 16.3. The summed E-state index contributed by atoms with van der Waals surface area (Å²) in [6.07, 6.45) is 0. The molecule has 0 N–H and O–H groups in total. The molecule has 0 amide bonds. The first kappa shape index (κ1) is 30.9. The summed E-state index contributed by atoms with van der Waals surface area (Å²) in [5.74, 6) is 0. The summed E-state index contributed by atoms with van der Waals surface area (Å²) >= 11 is 0. The molecule has 58 heavy (non-hydrogen) atoms. The molecule has 0 saturated heterocycles. The van der Waals surface area contributed by atoms with E-state index in [0.29, 0.717) is 22.6 Å². The Hall–Kier alpha value is -8.32. The van der Waals surface area contributed by atoms with Crippen molar-refractivity contribution in [2.45, 2.75) is 0 Å². The SMILES string of the molecule is [C-]#[N+]c1cc(-n2c3ccccc3c3cc4oc5ccc6ccccc6c5c4cc32)c(C#N)cc1-n1c2ccccc2c2cc3oc4ccc5ccccc5c4c3cc21. The van der Waals surface area contributed by atoms with Gasteiger partial charge >= 0.3 is 0 Å². The van der Waals surface area contributed by atoms with Crippen LogP contribution < -0.4 is 0 Å². The Bertz CT molecular complexity index is 3800. The Morgan fingerprint density at radius 2 is 0.914 bits per heavy atom. The minimum Gasteiger partial charge on any atom is -0.456 e. The number of rotatable bonds is 2. The van der Waals surface area contributed by atoms with Crippen LogP contribution in [0.3, 0.4) is 0 Å². The fraction of sp³-hybridized carbons (Fsp3) is 0. The second-order valence-electron chi connectivity index (χ2n) is 15.0. The zero-order chi connectivity index (χ0) is 38.2. The molecule has 0 spiro atoms. The van der Waals surface area contributed by atoms with Crippen molar-refractivity contribution in [2.75, 3.05) is 0 Å². The average molecular weight is 739 g/mol. The van der Waals surface area contributed by atoms with E-state index < -0.39 is 0 Å². The van der Waals surface area contributed by atoms with E-state index in [9.17, 15) is 5.26 Å². The fourth-order valence-electron chi connectivity index (χ4n) is 9.64. The molecule has 6 heteroatoms. The van der Waals surface area contributed by atoms with Crippen molar-refractivity contribution in [3.63, 3.8) is 0 Å². The molecule has 0 saturated carbocycles. The normalized spacial score (nSPS) is 12.1. The maximum absolute atomic E-state index is 11.0. The van der Waals surface area contributed by atoms with Gasteiger partial charge in [-0.15, -0.1) is 0 Å². The van der Waals surface area contributed by atoms with Crippen LogP contribution in [0.25, 0.3) is 125 Å². The van der Waals surface area contributed by atoms with Gasteiger partial charge in [-0.25, -0.2) is 4.85 Å². The summed E-state index contributed by atoms with van der Waals surface area (Å²) < 4.78 is 17.3. The van der Waals surface area contributed by atoms with Crippen molar-refractivity contribution in [3.05, 3.63) is 175 Å². The van der Waals surface area contributed by atoms with E-state index in [2.05, 4.69) is 129 Å². The summed E-state index contributed by atoms with van der Waals surface area (Å²) in [4.78, 5) is 4.18. The van der Waals surface area contributed by atoms with Crippen molar-refractivity contribution in [3.8, 4) is 17.4 Å². The van der Waals surface area contributed by atoms with Gasteiger partial charge in [-0.2, -0.15) is 5.26 Å². The zero-order valence-electron chi connectivity index (χ0n) is 30.6. The van der Waals surface area contributed by atoms with Crippen LogP contribution in [0.1, 0.15) is 5.56 Å². The van der Waals surface area contributed by atoms with E-state index >= 15 is 0 Å². The highest BCUT2D eigenvalue weighted by Gasteiger charge is 2.23. The van der Waals surface area contributed by atoms with Gasteiger partial charge in [0.25, 0.3) is 0 Å². The number of fused-ring (bicyclic) bond motifs is 16. The zero-order valence-corrected chi connectivity index (χ0v) is 30.6. The maximum atomic E-state index is 11.0.